The van der Waals surface area contributed by atoms with E-state index < -0.39 is 0 Å². The van der Waals surface area contributed by atoms with E-state index in [1.165, 1.54) is 12.3 Å². The van der Waals surface area contributed by atoms with Gasteiger partial charge in [0.25, 0.3) is 0 Å². The Morgan fingerprint density at radius 1 is 0.842 bits per heavy atom. The highest BCUT2D eigenvalue weighted by Gasteiger charge is 2.23. The minimum Gasteiger partial charge on any atom is -0.364 e. The minimum absolute atomic E-state index is 0.0621. The molecule has 1 aromatic carbocycles. The van der Waals surface area contributed by atoms with Crippen molar-refractivity contribution < 1.29 is 0 Å². The second-order valence-corrected chi connectivity index (χ2v) is 5.68. The first kappa shape index (κ1) is 15.0. The van der Waals surface area contributed by atoms with Crippen molar-refractivity contribution in [3.63, 3.8) is 0 Å². The van der Waals surface area contributed by atoms with Gasteiger partial charge in [0.15, 0.2) is 5.43 Å². The average Bonchev–Trinajstić information content (AvgIpc) is 2.37. The molecular weight excluding hydrogens is 351 g/mol. The summed E-state index contributed by atoms with van der Waals surface area (Å²) in [5.41, 5.74) is 0.959. The van der Waals surface area contributed by atoms with E-state index in [1.807, 2.05) is 0 Å². The number of halogens is 5. The van der Waals surface area contributed by atoms with E-state index in [0.717, 1.165) is 0 Å². The fourth-order valence-corrected chi connectivity index (χ4v) is 3.05. The summed E-state index contributed by atoms with van der Waals surface area (Å²) in [6, 6.07) is 1.37. The molecule has 0 aliphatic heterocycles. The van der Waals surface area contributed by atoms with Gasteiger partial charge < -0.3 is 4.98 Å². The van der Waals surface area contributed by atoms with Crippen LogP contribution >= 0.6 is 58.0 Å². The zero-order chi connectivity index (χ0) is 14.3. The van der Waals surface area contributed by atoms with Crippen LogP contribution in [-0.2, 0) is 0 Å². The molecule has 100 valence electrons. The molecule has 0 fully saturated rings. The van der Waals surface area contributed by atoms with E-state index in [0.29, 0.717) is 11.3 Å². The molecule has 0 radical (unpaired) electrons. The molecule has 0 aliphatic carbocycles. The predicted molar refractivity (Wildman–Crippen MR) is 82.3 cm³/mol. The normalized spacial score (nSPS) is 10.8. The Morgan fingerprint density at radius 3 is 1.79 bits per heavy atom. The zero-order valence-electron chi connectivity index (χ0n) is 9.45. The average molecular weight is 357 g/mol. The molecule has 0 unspecified atom stereocenters. The van der Waals surface area contributed by atoms with Crippen LogP contribution in [0.15, 0.2) is 17.1 Å². The van der Waals surface area contributed by atoms with E-state index in [4.69, 9.17) is 58.0 Å². The number of aryl methyl sites for hydroxylation is 1. The third-order valence-corrected chi connectivity index (χ3v) is 4.89. The lowest BCUT2D eigenvalue weighted by Gasteiger charge is -2.13. The van der Waals surface area contributed by atoms with Crippen LogP contribution in [0.1, 0.15) is 5.69 Å². The van der Waals surface area contributed by atoms with Crippen LogP contribution in [0, 0.1) is 6.92 Å². The highest BCUT2D eigenvalue weighted by atomic mass is 35.5. The molecule has 0 saturated carbocycles. The van der Waals surface area contributed by atoms with Gasteiger partial charge in [0.2, 0.25) is 0 Å². The molecule has 0 aliphatic rings. The molecule has 0 bridgehead atoms. The molecule has 0 amide bonds. The maximum atomic E-state index is 12.0. The Kier molecular flexibility index (Phi) is 4.38. The van der Waals surface area contributed by atoms with Gasteiger partial charge in [0.1, 0.15) is 0 Å². The molecule has 2 rings (SSSR count). The van der Waals surface area contributed by atoms with Crippen molar-refractivity contribution in [2.24, 2.45) is 0 Å². The first-order valence-corrected chi connectivity index (χ1v) is 6.95. The Labute approximate surface area is 134 Å². The Bertz CT molecular complexity index is 694. The third kappa shape index (κ3) is 2.48. The standard InChI is InChI=1S/C12H6Cl5NO/c1-4-6(5(19)2-3-18-4)7-8(13)10(15)12(17)11(16)9(7)14/h2-3H,1H3,(H,18,19). The van der Waals surface area contributed by atoms with Gasteiger partial charge in [-0.2, -0.15) is 0 Å². The molecule has 2 nitrogen and oxygen atoms in total. The number of pyridine rings is 1. The fraction of sp³-hybridized carbons (Fsp3) is 0.0833. The van der Waals surface area contributed by atoms with Crippen LogP contribution < -0.4 is 5.43 Å². The van der Waals surface area contributed by atoms with E-state index in [-0.39, 0.29) is 36.1 Å². The van der Waals surface area contributed by atoms with Crippen molar-refractivity contribution in [2.75, 3.05) is 0 Å². The fourth-order valence-electron chi connectivity index (χ4n) is 1.72. The first-order chi connectivity index (χ1) is 8.86. The number of aromatic nitrogens is 1. The third-order valence-electron chi connectivity index (χ3n) is 2.62. The Hall–Kier alpha value is -0.380. The first-order valence-electron chi connectivity index (χ1n) is 5.06. The summed E-state index contributed by atoms with van der Waals surface area (Å²) < 4.78 is 0. The van der Waals surface area contributed by atoms with Crippen molar-refractivity contribution in [1.82, 2.24) is 4.98 Å². The minimum atomic E-state index is -0.241. The van der Waals surface area contributed by atoms with Gasteiger partial charge in [-0.1, -0.05) is 58.0 Å². The van der Waals surface area contributed by atoms with E-state index in [1.54, 1.807) is 6.92 Å². The lowest BCUT2D eigenvalue weighted by atomic mass is 10.0. The largest absolute Gasteiger partial charge is 0.364 e. The molecule has 1 N–H and O–H groups in total. The predicted octanol–water partition coefficient (Wildman–Crippen LogP) is 5.62. The molecule has 7 heteroatoms. The smallest absolute Gasteiger partial charge is 0.189 e. The van der Waals surface area contributed by atoms with E-state index in [9.17, 15) is 4.79 Å². The topological polar surface area (TPSA) is 32.9 Å². The van der Waals surface area contributed by atoms with Crippen LogP contribution in [0.2, 0.25) is 25.1 Å². The van der Waals surface area contributed by atoms with Crippen molar-refractivity contribution >= 4 is 58.0 Å². The number of nitrogens with one attached hydrogen (secondary N) is 1. The number of H-pyrrole nitrogens is 1. The van der Waals surface area contributed by atoms with Crippen LogP contribution in [0.25, 0.3) is 11.1 Å². The summed E-state index contributed by atoms with van der Waals surface area (Å²) in [6.45, 7) is 1.72. The van der Waals surface area contributed by atoms with Crippen molar-refractivity contribution in [3.05, 3.63) is 53.3 Å². The summed E-state index contributed by atoms with van der Waals surface area (Å²) >= 11 is 30.2. The SMILES string of the molecule is Cc1[nH]ccc(=O)c1-c1c(Cl)c(Cl)c(Cl)c(Cl)c1Cl. The van der Waals surface area contributed by atoms with Crippen LogP contribution in [0.4, 0.5) is 0 Å². The molecule has 0 saturated heterocycles. The van der Waals surface area contributed by atoms with Crippen molar-refractivity contribution in [3.8, 4) is 11.1 Å². The van der Waals surface area contributed by atoms with Gasteiger partial charge >= 0.3 is 0 Å². The second-order valence-electron chi connectivity index (χ2n) is 3.79. The number of hydrogen-bond acceptors (Lipinski definition) is 1. The quantitative estimate of drug-likeness (QED) is 0.522. The summed E-state index contributed by atoms with van der Waals surface area (Å²) in [5, 5.41) is 0.389. The lowest BCUT2D eigenvalue weighted by Crippen LogP contribution is -2.07. The Morgan fingerprint density at radius 2 is 1.32 bits per heavy atom. The highest BCUT2D eigenvalue weighted by Crippen LogP contribution is 2.47. The summed E-state index contributed by atoms with van der Waals surface area (Å²) in [5.74, 6) is 0. The maximum absolute atomic E-state index is 12.0. The maximum Gasteiger partial charge on any atom is 0.189 e. The van der Waals surface area contributed by atoms with Gasteiger partial charge in [-0.25, -0.2) is 0 Å². The second kappa shape index (κ2) is 5.55. The molecule has 19 heavy (non-hydrogen) atoms. The van der Waals surface area contributed by atoms with Crippen molar-refractivity contribution in [1.29, 1.82) is 0 Å². The molecule has 0 spiro atoms. The van der Waals surface area contributed by atoms with Gasteiger partial charge in [-0.05, 0) is 6.92 Å². The van der Waals surface area contributed by atoms with Gasteiger partial charge in [0.05, 0.1) is 30.7 Å². The Balaban J connectivity index is 2.96. The summed E-state index contributed by atoms with van der Waals surface area (Å²) in [4.78, 5) is 14.9. The number of aromatic amines is 1. The lowest BCUT2D eigenvalue weighted by molar-refractivity contribution is 1.19. The van der Waals surface area contributed by atoms with Crippen LogP contribution in [-0.4, -0.2) is 4.98 Å². The zero-order valence-corrected chi connectivity index (χ0v) is 13.2. The number of hydrogen-bond donors (Lipinski definition) is 1. The van der Waals surface area contributed by atoms with Gasteiger partial charge in [-0.3, -0.25) is 4.79 Å². The van der Waals surface area contributed by atoms with E-state index in [2.05, 4.69) is 4.98 Å². The molecule has 1 heterocycles. The monoisotopic (exact) mass is 355 g/mol. The van der Waals surface area contributed by atoms with Crippen molar-refractivity contribution in [2.45, 2.75) is 6.92 Å². The molecular formula is C12H6Cl5NO. The molecule has 2 aromatic rings. The summed E-state index contributed by atoms with van der Waals surface area (Å²) in [7, 11) is 0. The van der Waals surface area contributed by atoms with Gasteiger partial charge in [0, 0.05) is 23.5 Å². The summed E-state index contributed by atoms with van der Waals surface area (Å²) in [6.07, 6.45) is 1.53. The number of benzene rings is 1. The van der Waals surface area contributed by atoms with Gasteiger partial charge in [-0.15, -0.1) is 0 Å². The number of rotatable bonds is 1. The highest BCUT2D eigenvalue weighted by molar-refractivity contribution is 6.56. The van der Waals surface area contributed by atoms with E-state index >= 15 is 0 Å². The molecule has 0 atom stereocenters. The molecule has 1 aromatic heterocycles. The van der Waals surface area contributed by atoms with Crippen LogP contribution in [0.3, 0.4) is 0 Å². The van der Waals surface area contributed by atoms with Crippen LogP contribution in [0.5, 0.6) is 0 Å².